The Kier molecular flexibility index (Phi) is 9.31. The van der Waals surface area contributed by atoms with Crippen LogP contribution in [-0.4, -0.2) is 13.2 Å². The lowest BCUT2D eigenvalue weighted by atomic mass is 9.69. The van der Waals surface area contributed by atoms with Crippen LogP contribution in [0.5, 0.6) is 11.5 Å². The van der Waals surface area contributed by atoms with E-state index in [-0.39, 0.29) is 11.5 Å². The molecule has 3 fully saturated rings. The standard InChI is InChI=1S/C30H44F2O2/c1-3-21-5-7-23(8-6-21)19-33-27-17-18-28(30(32)29(27)31)34-20-24-11-15-26(16-12-24)25-13-9-22(4-2)10-14-25/h4,17-18,21-26H,2-3,5-16,19-20H2,1H3/t21?,22-,23?,24-,25-,26-. The van der Waals surface area contributed by atoms with Gasteiger partial charge in [0.15, 0.2) is 11.5 Å². The van der Waals surface area contributed by atoms with Gasteiger partial charge < -0.3 is 9.47 Å². The lowest BCUT2D eigenvalue weighted by Crippen LogP contribution is -2.27. The van der Waals surface area contributed by atoms with E-state index in [0.717, 1.165) is 43.4 Å². The van der Waals surface area contributed by atoms with Crippen molar-refractivity contribution >= 4 is 0 Å². The summed E-state index contributed by atoms with van der Waals surface area (Å²) in [5, 5.41) is 0. The van der Waals surface area contributed by atoms with E-state index in [2.05, 4.69) is 19.6 Å². The molecule has 1 aromatic carbocycles. The van der Waals surface area contributed by atoms with Crippen molar-refractivity contribution in [3.8, 4) is 11.5 Å². The second-order valence-corrected chi connectivity index (χ2v) is 11.3. The minimum atomic E-state index is -0.918. The second kappa shape index (κ2) is 12.4. The molecule has 190 valence electrons. The Morgan fingerprint density at radius 3 is 1.56 bits per heavy atom. The van der Waals surface area contributed by atoms with E-state index in [1.807, 2.05) is 0 Å². The molecule has 0 radical (unpaired) electrons. The highest BCUT2D eigenvalue weighted by Crippen LogP contribution is 2.42. The molecule has 4 rings (SSSR count). The van der Waals surface area contributed by atoms with E-state index < -0.39 is 11.6 Å². The largest absolute Gasteiger partial charge is 0.490 e. The van der Waals surface area contributed by atoms with Gasteiger partial charge in [0.25, 0.3) is 0 Å². The van der Waals surface area contributed by atoms with E-state index in [1.54, 1.807) is 0 Å². The van der Waals surface area contributed by atoms with Gasteiger partial charge in [0.05, 0.1) is 13.2 Å². The van der Waals surface area contributed by atoms with Crippen LogP contribution in [0.4, 0.5) is 8.78 Å². The van der Waals surface area contributed by atoms with Gasteiger partial charge in [0.1, 0.15) is 0 Å². The first-order chi connectivity index (χ1) is 16.6. The topological polar surface area (TPSA) is 18.5 Å². The van der Waals surface area contributed by atoms with Gasteiger partial charge in [-0.3, -0.25) is 0 Å². The molecule has 1 aromatic rings. The average Bonchev–Trinajstić information content (AvgIpc) is 2.89. The third kappa shape index (κ3) is 6.55. The van der Waals surface area contributed by atoms with Crippen molar-refractivity contribution in [2.75, 3.05) is 13.2 Å². The molecule has 0 aliphatic heterocycles. The van der Waals surface area contributed by atoms with Gasteiger partial charge in [-0.25, -0.2) is 0 Å². The molecule has 0 aromatic heterocycles. The number of ether oxygens (including phenoxy) is 2. The second-order valence-electron chi connectivity index (χ2n) is 11.3. The summed E-state index contributed by atoms with van der Waals surface area (Å²) in [5.74, 6) is 2.27. The van der Waals surface area contributed by atoms with Gasteiger partial charge in [-0.2, -0.15) is 8.78 Å². The lowest BCUT2D eigenvalue weighted by Gasteiger charge is -2.37. The predicted molar refractivity (Wildman–Crippen MR) is 134 cm³/mol. The van der Waals surface area contributed by atoms with Gasteiger partial charge in [0, 0.05) is 0 Å². The summed E-state index contributed by atoms with van der Waals surface area (Å²) < 4.78 is 40.7. The highest BCUT2D eigenvalue weighted by atomic mass is 19.2. The molecule has 0 bridgehead atoms. The fraction of sp³-hybridized carbons (Fsp3) is 0.733. The molecule has 0 saturated heterocycles. The molecule has 0 N–H and O–H groups in total. The maximum Gasteiger partial charge on any atom is 0.204 e. The van der Waals surface area contributed by atoms with E-state index in [0.29, 0.717) is 31.0 Å². The smallest absolute Gasteiger partial charge is 0.204 e. The number of benzene rings is 1. The molecule has 3 aliphatic carbocycles. The van der Waals surface area contributed by atoms with Gasteiger partial charge in [-0.05, 0) is 112 Å². The Bertz CT molecular complexity index is 770. The van der Waals surface area contributed by atoms with Crippen molar-refractivity contribution in [3.63, 3.8) is 0 Å². The van der Waals surface area contributed by atoms with Crippen LogP contribution in [0.2, 0.25) is 0 Å². The zero-order valence-electron chi connectivity index (χ0n) is 21.1. The van der Waals surface area contributed by atoms with Crippen LogP contribution >= 0.6 is 0 Å². The Labute approximate surface area is 205 Å². The molecule has 2 nitrogen and oxygen atoms in total. The lowest BCUT2D eigenvalue weighted by molar-refractivity contribution is 0.127. The summed E-state index contributed by atoms with van der Waals surface area (Å²) in [5.41, 5.74) is 0. The summed E-state index contributed by atoms with van der Waals surface area (Å²) in [6.45, 7) is 7.13. The summed E-state index contributed by atoms with van der Waals surface area (Å²) >= 11 is 0. The van der Waals surface area contributed by atoms with E-state index in [9.17, 15) is 8.78 Å². The quantitative estimate of drug-likeness (QED) is 0.333. The van der Waals surface area contributed by atoms with Gasteiger partial charge in [-0.1, -0.05) is 32.3 Å². The van der Waals surface area contributed by atoms with Crippen molar-refractivity contribution in [2.45, 2.75) is 90.4 Å². The zero-order valence-corrected chi connectivity index (χ0v) is 21.1. The van der Waals surface area contributed by atoms with E-state index >= 15 is 0 Å². The molecule has 0 amide bonds. The molecule has 0 atom stereocenters. The molecule has 0 heterocycles. The number of hydrogen-bond acceptors (Lipinski definition) is 2. The molecule has 3 saturated carbocycles. The number of rotatable bonds is 9. The van der Waals surface area contributed by atoms with Crippen LogP contribution < -0.4 is 9.47 Å². The van der Waals surface area contributed by atoms with Crippen molar-refractivity contribution < 1.29 is 18.3 Å². The Hall–Kier alpha value is -1.58. The third-order valence-corrected chi connectivity index (χ3v) is 9.21. The number of allylic oxidation sites excluding steroid dienone is 1. The molecule has 3 aliphatic rings. The predicted octanol–water partition coefficient (Wildman–Crippen LogP) is 8.74. The normalized spacial score (nSPS) is 32.2. The zero-order chi connectivity index (χ0) is 23.9. The third-order valence-electron chi connectivity index (χ3n) is 9.21. The van der Waals surface area contributed by atoms with Gasteiger partial charge in [0.2, 0.25) is 11.6 Å². The maximum absolute atomic E-state index is 14.7. The van der Waals surface area contributed by atoms with Crippen molar-refractivity contribution in [3.05, 3.63) is 36.4 Å². The van der Waals surface area contributed by atoms with Gasteiger partial charge in [-0.15, -0.1) is 6.58 Å². The van der Waals surface area contributed by atoms with Crippen LogP contribution in [0.25, 0.3) is 0 Å². The van der Waals surface area contributed by atoms with E-state index in [4.69, 9.17) is 9.47 Å². The monoisotopic (exact) mass is 474 g/mol. The van der Waals surface area contributed by atoms with Crippen molar-refractivity contribution in [1.82, 2.24) is 0 Å². The SMILES string of the molecule is C=C[C@H]1CC[C@H]([C@H]2CC[C@H](COc3ccc(OCC4CCC(CC)CC4)c(F)c3F)CC2)CC1. The van der Waals surface area contributed by atoms with Crippen molar-refractivity contribution in [2.24, 2.45) is 35.5 Å². The Balaban J connectivity index is 1.19. The first-order valence-electron chi connectivity index (χ1n) is 13.9. The van der Waals surface area contributed by atoms with E-state index in [1.165, 1.54) is 69.9 Å². The maximum atomic E-state index is 14.7. The minimum absolute atomic E-state index is 0.00847. The Morgan fingerprint density at radius 2 is 1.12 bits per heavy atom. The van der Waals surface area contributed by atoms with Gasteiger partial charge >= 0.3 is 0 Å². The summed E-state index contributed by atoms with van der Waals surface area (Å²) in [7, 11) is 0. The van der Waals surface area contributed by atoms with Crippen LogP contribution in [0, 0.1) is 47.1 Å². The minimum Gasteiger partial charge on any atom is -0.490 e. The fourth-order valence-corrected chi connectivity index (χ4v) is 6.64. The molecular weight excluding hydrogens is 430 g/mol. The van der Waals surface area contributed by atoms with Crippen molar-refractivity contribution in [1.29, 1.82) is 0 Å². The van der Waals surface area contributed by atoms with Crippen LogP contribution in [0.3, 0.4) is 0 Å². The summed E-state index contributed by atoms with van der Waals surface area (Å²) in [6, 6.07) is 3.06. The van der Waals surface area contributed by atoms with Crippen LogP contribution in [-0.2, 0) is 0 Å². The molecule has 4 heteroatoms. The first-order valence-corrected chi connectivity index (χ1v) is 13.9. The van der Waals surface area contributed by atoms with Crippen LogP contribution in [0.15, 0.2) is 24.8 Å². The number of halogens is 2. The molecule has 0 unspecified atom stereocenters. The molecule has 34 heavy (non-hydrogen) atoms. The summed E-state index contributed by atoms with van der Waals surface area (Å²) in [4.78, 5) is 0. The Morgan fingerprint density at radius 1 is 0.706 bits per heavy atom. The first kappa shape index (κ1) is 25.5. The highest BCUT2D eigenvalue weighted by molar-refractivity contribution is 5.35. The average molecular weight is 475 g/mol. The highest BCUT2D eigenvalue weighted by Gasteiger charge is 2.30. The molecule has 0 spiro atoms. The number of hydrogen-bond donors (Lipinski definition) is 0. The molecular formula is C30H44F2O2. The fourth-order valence-electron chi connectivity index (χ4n) is 6.64. The van der Waals surface area contributed by atoms with Crippen LogP contribution in [0.1, 0.15) is 90.4 Å². The summed E-state index contributed by atoms with van der Waals surface area (Å²) in [6.07, 6.45) is 18.0.